The summed E-state index contributed by atoms with van der Waals surface area (Å²) in [5, 5.41) is 3.04. The number of nitrogens with zero attached hydrogens (tertiary/aromatic N) is 2. The van der Waals surface area contributed by atoms with E-state index in [-0.39, 0.29) is 56.2 Å². The van der Waals surface area contributed by atoms with Gasteiger partial charge in [0.05, 0.1) is 12.8 Å². The molecule has 0 unspecified atom stereocenters. The summed E-state index contributed by atoms with van der Waals surface area (Å²) in [5.41, 5.74) is -1.05. The molecule has 1 N–H and O–H groups in total. The zero-order valence-corrected chi connectivity index (χ0v) is 39.5. The van der Waals surface area contributed by atoms with Crippen LogP contribution in [0.2, 0.25) is 0 Å². The Morgan fingerprint density at radius 2 is 1.03 bits per heavy atom. The molecule has 354 valence electrons. The number of unbranched alkanes of at least 4 members (excludes halogenated alkanes) is 11. The number of benzene rings is 1. The van der Waals surface area contributed by atoms with Crippen molar-refractivity contribution in [3.8, 4) is 0 Å². The van der Waals surface area contributed by atoms with Crippen LogP contribution in [-0.2, 0) is 59.2 Å². The lowest BCUT2D eigenvalue weighted by Crippen LogP contribution is -2.44. The van der Waals surface area contributed by atoms with Crippen molar-refractivity contribution in [1.29, 1.82) is 0 Å². The van der Waals surface area contributed by atoms with Crippen molar-refractivity contribution in [2.45, 2.75) is 214 Å². The molecule has 63 heavy (non-hydrogen) atoms. The van der Waals surface area contributed by atoms with E-state index in [0.717, 1.165) is 56.9 Å². The number of hydroxylamine groups is 2. The Balaban J connectivity index is 1.88. The summed E-state index contributed by atoms with van der Waals surface area (Å²) < 4.78 is 16.3. The second-order valence-corrected chi connectivity index (χ2v) is 19.3. The molecule has 0 radical (unpaired) electrons. The normalized spacial score (nSPS) is 13.6. The first-order valence-corrected chi connectivity index (χ1v) is 22.8. The third kappa shape index (κ3) is 24.6. The molecule has 1 aliphatic rings. The SMILES string of the molecule is CC(C)(C)OC(=O)CCCCCCCCCCCCCCC(=O)N(CCC(=O)OC(C)(C)C)Cc1ccc(C(=O)N[C@@H](CCC(=O)ON2C(=O)CCC2=O)C(=O)OC(C)(C)C)cc1. The highest BCUT2D eigenvalue weighted by molar-refractivity contribution is 6.01. The molecule has 1 saturated heterocycles. The van der Waals surface area contributed by atoms with Gasteiger partial charge < -0.3 is 29.3 Å². The Morgan fingerprint density at radius 1 is 0.587 bits per heavy atom. The molecule has 0 aliphatic carbocycles. The summed E-state index contributed by atoms with van der Waals surface area (Å²) >= 11 is 0. The van der Waals surface area contributed by atoms with Gasteiger partial charge in [0, 0.05) is 44.3 Å². The first kappa shape index (κ1) is 54.3. The van der Waals surface area contributed by atoms with Crippen molar-refractivity contribution in [2.75, 3.05) is 6.54 Å². The maximum absolute atomic E-state index is 13.5. The standard InChI is InChI=1S/C48H75N3O12/c1-46(2,3)60-41(55)23-21-19-17-15-13-11-10-12-14-16-18-20-22-38(52)50(33-32-42(56)61-47(4,5)6)34-35-24-26-36(27-25-35)44(58)49-37(45(59)62-48(7,8)9)28-31-43(57)63-51-39(53)29-30-40(51)54/h24-27,37H,10-23,28-34H2,1-9H3,(H,49,58)/t37-/m0/s1. The van der Waals surface area contributed by atoms with Crippen molar-refractivity contribution in [3.63, 3.8) is 0 Å². The van der Waals surface area contributed by atoms with Gasteiger partial charge in [0.2, 0.25) is 5.91 Å². The minimum Gasteiger partial charge on any atom is -0.460 e. The van der Waals surface area contributed by atoms with Crippen LogP contribution in [0.15, 0.2) is 24.3 Å². The van der Waals surface area contributed by atoms with Crippen LogP contribution in [0.1, 0.15) is 200 Å². The Morgan fingerprint density at radius 3 is 1.51 bits per heavy atom. The van der Waals surface area contributed by atoms with E-state index in [9.17, 15) is 38.4 Å². The Kier molecular flexibility index (Phi) is 23.0. The van der Waals surface area contributed by atoms with Gasteiger partial charge in [-0.2, -0.15) is 0 Å². The van der Waals surface area contributed by atoms with Gasteiger partial charge in [-0.05, 0) is 99.3 Å². The number of imide groups is 1. The van der Waals surface area contributed by atoms with E-state index in [1.807, 2.05) is 20.8 Å². The molecule has 15 heteroatoms. The molecule has 1 heterocycles. The summed E-state index contributed by atoms with van der Waals surface area (Å²) in [6.45, 7) is 16.4. The molecule has 1 fully saturated rings. The van der Waals surface area contributed by atoms with Crippen LogP contribution in [0.25, 0.3) is 0 Å². The molecule has 4 amide bonds. The maximum atomic E-state index is 13.5. The lowest BCUT2D eigenvalue weighted by atomic mass is 10.0. The fraction of sp³-hybridized carbons (Fsp3) is 0.708. The molecule has 0 aromatic heterocycles. The lowest BCUT2D eigenvalue weighted by Gasteiger charge is -2.25. The number of rotatable bonds is 27. The van der Waals surface area contributed by atoms with Crippen LogP contribution < -0.4 is 5.32 Å². The first-order chi connectivity index (χ1) is 29.4. The van der Waals surface area contributed by atoms with Crippen LogP contribution in [0, 0.1) is 0 Å². The minimum absolute atomic E-state index is 0.0276. The number of ether oxygens (including phenoxy) is 3. The van der Waals surface area contributed by atoms with Crippen molar-refractivity contribution in [3.05, 3.63) is 35.4 Å². The zero-order valence-electron chi connectivity index (χ0n) is 39.5. The number of carbonyl (C=O) groups excluding carboxylic acids is 8. The van der Waals surface area contributed by atoms with Crippen LogP contribution in [-0.4, -0.2) is 86.9 Å². The second-order valence-electron chi connectivity index (χ2n) is 19.3. The molecule has 1 aliphatic heterocycles. The van der Waals surface area contributed by atoms with Gasteiger partial charge in [-0.3, -0.25) is 28.8 Å². The van der Waals surface area contributed by atoms with Gasteiger partial charge >= 0.3 is 23.9 Å². The van der Waals surface area contributed by atoms with Gasteiger partial charge in [-0.1, -0.05) is 76.3 Å². The van der Waals surface area contributed by atoms with Gasteiger partial charge in [0.15, 0.2) is 0 Å². The summed E-state index contributed by atoms with van der Waals surface area (Å²) in [5.74, 6) is -4.19. The highest BCUT2D eigenvalue weighted by atomic mass is 16.7. The lowest BCUT2D eigenvalue weighted by molar-refractivity contribution is -0.197. The summed E-state index contributed by atoms with van der Waals surface area (Å²) in [6.07, 6.45) is 12.9. The molecule has 1 atom stereocenters. The molecule has 1 aromatic rings. The third-order valence-electron chi connectivity index (χ3n) is 9.72. The highest BCUT2D eigenvalue weighted by Gasteiger charge is 2.34. The quantitative estimate of drug-likeness (QED) is 0.0385. The van der Waals surface area contributed by atoms with Gasteiger partial charge in [-0.15, -0.1) is 5.06 Å². The fourth-order valence-electron chi connectivity index (χ4n) is 6.69. The van der Waals surface area contributed by atoms with Crippen molar-refractivity contribution >= 4 is 47.5 Å². The summed E-state index contributed by atoms with van der Waals surface area (Å²) in [4.78, 5) is 107. The predicted molar refractivity (Wildman–Crippen MR) is 236 cm³/mol. The smallest absolute Gasteiger partial charge is 0.333 e. The van der Waals surface area contributed by atoms with Gasteiger partial charge in [0.25, 0.3) is 17.7 Å². The van der Waals surface area contributed by atoms with Crippen molar-refractivity contribution in [2.24, 2.45) is 0 Å². The maximum Gasteiger partial charge on any atom is 0.333 e. The Hall–Kier alpha value is -4.82. The third-order valence-corrected chi connectivity index (χ3v) is 9.72. The van der Waals surface area contributed by atoms with Crippen molar-refractivity contribution in [1.82, 2.24) is 15.3 Å². The number of nitrogens with one attached hydrogen (secondary N) is 1. The highest BCUT2D eigenvalue weighted by Crippen LogP contribution is 2.19. The molecule has 2 rings (SSSR count). The monoisotopic (exact) mass is 886 g/mol. The fourth-order valence-corrected chi connectivity index (χ4v) is 6.69. The predicted octanol–water partition coefficient (Wildman–Crippen LogP) is 8.38. The zero-order chi connectivity index (χ0) is 47.2. The van der Waals surface area contributed by atoms with Crippen LogP contribution in [0.4, 0.5) is 0 Å². The van der Waals surface area contributed by atoms with Crippen LogP contribution in [0.3, 0.4) is 0 Å². The molecule has 15 nitrogen and oxygen atoms in total. The number of amides is 4. The molecule has 0 bridgehead atoms. The Bertz CT molecular complexity index is 1650. The van der Waals surface area contributed by atoms with Gasteiger partial charge in [0.1, 0.15) is 22.8 Å². The number of hydrogen-bond acceptors (Lipinski definition) is 12. The molecule has 0 saturated carbocycles. The van der Waals surface area contributed by atoms with Crippen LogP contribution in [0.5, 0.6) is 0 Å². The topological polar surface area (TPSA) is 192 Å². The van der Waals surface area contributed by atoms with E-state index in [4.69, 9.17) is 19.0 Å². The largest absolute Gasteiger partial charge is 0.460 e. The van der Waals surface area contributed by atoms with E-state index in [0.29, 0.717) is 17.9 Å². The van der Waals surface area contributed by atoms with Crippen molar-refractivity contribution < 1.29 is 57.4 Å². The number of hydrogen-bond donors (Lipinski definition) is 1. The second kappa shape index (κ2) is 26.7. The average molecular weight is 886 g/mol. The van der Waals surface area contributed by atoms with Crippen LogP contribution >= 0.6 is 0 Å². The molecular weight excluding hydrogens is 811 g/mol. The number of esters is 3. The minimum atomic E-state index is -1.25. The number of carbonyl (C=O) groups is 8. The van der Waals surface area contributed by atoms with E-state index in [2.05, 4.69) is 5.32 Å². The Labute approximate surface area is 375 Å². The van der Waals surface area contributed by atoms with Gasteiger partial charge in [-0.25, -0.2) is 9.59 Å². The van der Waals surface area contributed by atoms with E-state index < -0.39 is 64.9 Å². The molecule has 1 aromatic carbocycles. The van der Waals surface area contributed by atoms with E-state index in [1.54, 1.807) is 70.7 Å². The first-order valence-electron chi connectivity index (χ1n) is 22.8. The van der Waals surface area contributed by atoms with E-state index in [1.165, 1.54) is 25.7 Å². The molecule has 0 spiro atoms. The summed E-state index contributed by atoms with van der Waals surface area (Å²) in [7, 11) is 0. The average Bonchev–Trinajstić information content (AvgIpc) is 3.48. The molecular formula is C48H75N3O12. The summed E-state index contributed by atoms with van der Waals surface area (Å²) in [6, 6.07) is 5.25. The van der Waals surface area contributed by atoms with E-state index >= 15 is 0 Å².